The van der Waals surface area contributed by atoms with Crippen LogP contribution in [0.1, 0.15) is 23.2 Å². The predicted molar refractivity (Wildman–Crippen MR) is 108 cm³/mol. The average molecular weight is 415 g/mol. The van der Waals surface area contributed by atoms with Crippen LogP contribution in [-0.2, 0) is 10.0 Å². The number of thiazole rings is 1. The molecule has 0 spiro atoms. The van der Waals surface area contributed by atoms with E-state index in [1.54, 1.807) is 6.20 Å². The van der Waals surface area contributed by atoms with Gasteiger partial charge < -0.3 is 0 Å². The number of hydrogen-bond donors (Lipinski definition) is 1. The first-order valence-corrected chi connectivity index (χ1v) is 11.1. The highest BCUT2D eigenvalue weighted by atomic mass is 32.2. The summed E-state index contributed by atoms with van der Waals surface area (Å²) in [4.78, 5) is 21.3. The molecule has 0 unspecified atom stereocenters. The van der Waals surface area contributed by atoms with Gasteiger partial charge in [0.2, 0.25) is 10.0 Å². The lowest BCUT2D eigenvalue weighted by atomic mass is 10.2. The van der Waals surface area contributed by atoms with Gasteiger partial charge in [0, 0.05) is 30.2 Å². The van der Waals surface area contributed by atoms with Crippen molar-refractivity contribution in [2.24, 2.45) is 0 Å². The Hall–Kier alpha value is -2.62. The minimum absolute atomic E-state index is 0.206. The summed E-state index contributed by atoms with van der Waals surface area (Å²) >= 11 is 1.31. The number of amides is 1. The molecule has 0 bridgehead atoms. The first kappa shape index (κ1) is 18.7. The van der Waals surface area contributed by atoms with Crippen molar-refractivity contribution >= 4 is 32.4 Å². The Morgan fingerprint density at radius 3 is 2.46 bits per heavy atom. The van der Waals surface area contributed by atoms with E-state index in [2.05, 4.69) is 15.3 Å². The molecule has 1 N–H and O–H groups in total. The van der Waals surface area contributed by atoms with Crippen LogP contribution in [0, 0.1) is 0 Å². The van der Waals surface area contributed by atoms with Gasteiger partial charge in [-0.25, -0.2) is 13.4 Å². The molecule has 1 aliphatic rings. The van der Waals surface area contributed by atoms with Gasteiger partial charge in [0.25, 0.3) is 5.91 Å². The Balaban J connectivity index is 1.46. The Labute approximate surface area is 167 Å². The molecule has 1 aliphatic heterocycles. The molecule has 144 valence electrons. The predicted octanol–water partition coefficient (Wildman–Crippen LogP) is 3.24. The molecule has 1 fully saturated rings. The molecule has 0 aliphatic carbocycles. The van der Waals surface area contributed by atoms with E-state index in [1.807, 2.05) is 23.6 Å². The fourth-order valence-electron chi connectivity index (χ4n) is 2.99. The molecule has 7 nitrogen and oxygen atoms in total. The Kier molecular flexibility index (Phi) is 5.21. The highest BCUT2D eigenvalue weighted by molar-refractivity contribution is 7.89. The van der Waals surface area contributed by atoms with Gasteiger partial charge in [-0.2, -0.15) is 4.31 Å². The van der Waals surface area contributed by atoms with Crippen LogP contribution < -0.4 is 5.32 Å². The van der Waals surface area contributed by atoms with E-state index in [1.165, 1.54) is 39.9 Å². The summed E-state index contributed by atoms with van der Waals surface area (Å²) in [7, 11) is -3.48. The lowest BCUT2D eigenvalue weighted by molar-refractivity contribution is 0.102. The van der Waals surface area contributed by atoms with Crippen molar-refractivity contribution in [1.29, 1.82) is 0 Å². The fourth-order valence-corrected chi connectivity index (χ4v) is 5.20. The second kappa shape index (κ2) is 7.78. The largest absolute Gasteiger partial charge is 0.298 e. The number of benzene rings is 1. The van der Waals surface area contributed by atoms with Crippen LogP contribution in [0.15, 0.2) is 58.9 Å². The summed E-state index contributed by atoms with van der Waals surface area (Å²) in [5, 5.41) is 5.02. The number of anilines is 1. The van der Waals surface area contributed by atoms with Crippen LogP contribution in [0.4, 0.5) is 5.13 Å². The number of pyridine rings is 1. The van der Waals surface area contributed by atoms with Gasteiger partial charge in [-0.05, 0) is 49.2 Å². The van der Waals surface area contributed by atoms with Crippen molar-refractivity contribution in [3.05, 3.63) is 59.6 Å². The van der Waals surface area contributed by atoms with Gasteiger partial charge in [-0.1, -0.05) is 6.07 Å². The maximum absolute atomic E-state index is 12.6. The summed E-state index contributed by atoms with van der Waals surface area (Å²) in [5.74, 6) is -0.341. The first-order valence-electron chi connectivity index (χ1n) is 8.82. The molecule has 3 aromatic rings. The number of carbonyl (C=O) groups is 1. The minimum atomic E-state index is -3.48. The van der Waals surface area contributed by atoms with Gasteiger partial charge in [0.1, 0.15) is 5.69 Å². The molecule has 4 rings (SSSR count). The van der Waals surface area contributed by atoms with Crippen LogP contribution in [0.5, 0.6) is 0 Å². The standard InChI is InChI=1S/C19H18N4O3S2/c24-18(22-19-21-17(13-27-19)16-5-1-2-10-20-16)14-6-8-15(9-7-14)28(25,26)23-11-3-4-12-23/h1-2,5-10,13H,3-4,11-12H2,(H,21,22,24). The molecule has 1 saturated heterocycles. The maximum atomic E-state index is 12.6. The fraction of sp³-hybridized carbons (Fsp3) is 0.211. The molecule has 2 aromatic heterocycles. The molecule has 0 atom stereocenters. The van der Waals surface area contributed by atoms with Gasteiger partial charge >= 0.3 is 0 Å². The topological polar surface area (TPSA) is 92.3 Å². The minimum Gasteiger partial charge on any atom is -0.298 e. The Bertz CT molecular complexity index is 1070. The zero-order valence-corrected chi connectivity index (χ0v) is 16.5. The SMILES string of the molecule is O=C(Nc1nc(-c2ccccn2)cs1)c1ccc(S(=O)(=O)N2CCCC2)cc1. The number of rotatable bonds is 5. The molecule has 0 saturated carbocycles. The quantitative estimate of drug-likeness (QED) is 0.692. The van der Waals surface area contributed by atoms with E-state index in [0.29, 0.717) is 29.5 Å². The molecule has 9 heteroatoms. The summed E-state index contributed by atoms with van der Waals surface area (Å²) in [5.41, 5.74) is 1.79. The van der Waals surface area contributed by atoms with Crippen molar-refractivity contribution < 1.29 is 13.2 Å². The zero-order chi connectivity index (χ0) is 19.6. The summed E-state index contributed by atoms with van der Waals surface area (Å²) in [6.07, 6.45) is 3.45. The summed E-state index contributed by atoms with van der Waals surface area (Å²) < 4.78 is 26.6. The third-order valence-corrected chi connectivity index (χ3v) is 7.14. The molecule has 0 radical (unpaired) electrons. The molecular formula is C19H18N4O3S2. The first-order chi connectivity index (χ1) is 13.5. The van der Waals surface area contributed by atoms with Gasteiger partial charge in [-0.15, -0.1) is 11.3 Å². The van der Waals surface area contributed by atoms with Crippen molar-refractivity contribution in [1.82, 2.24) is 14.3 Å². The van der Waals surface area contributed by atoms with Crippen molar-refractivity contribution in [3.63, 3.8) is 0 Å². The van der Waals surface area contributed by atoms with E-state index < -0.39 is 10.0 Å². The van der Waals surface area contributed by atoms with E-state index in [-0.39, 0.29) is 10.8 Å². The second-order valence-electron chi connectivity index (χ2n) is 6.34. The second-order valence-corrected chi connectivity index (χ2v) is 9.14. The maximum Gasteiger partial charge on any atom is 0.257 e. The van der Waals surface area contributed by atoms with Crippen molar-refractivity contribution in [3.8, 4) is 11.4 Å². The number of nitrogens with one attached hydrogen (secondary N) is 1. The van der Waals surface area contributed by atoms with E-state index >= 15 is 0 Å². The third kappa shape index (κ3) is 3.82. The number of carbonyl (C=O) groups excluding carboxylic acids is 1. The zero-order valence-electron chi connectivity index (χ0n) is 14.9. The van der Waals surface area contributed by atoms with Crippen molar-refractivity contribution in [2.75, 3.05) is 18.4 Å². The molecule has 1 amide bonds. The van der Waals surface area contributed by atoms with Crippen LogP contribution >= 0.6 is 11.3 Å². The highest BCUT2D eigenvalue weighted by Gasteiger charge is 2.27. The highest BCUT2D eigenvalue weighted by Crippen LogP contribution is 2.24. The Morgan fingerprint density at radius 2 is 1.79 bits per heavy atom. The molecule has 3 heterocycles. The van der Waals surface area contributed by atoms with Crippen LogP contribution in [0.3, 0.4) is 0 Å². The number of sulfonamides is 1. The van der Waals surface area contributed by atoms with E-state index in [9.17, 15) is 13.2 Å². The summed E-state index contributed by atoms with van der Waals surface area (Å²) in [6, 6.07) is 11.5. The lowest BCUT2D eigenvalue weighted by Crippen LogP contribution is -2.27. The van der Waals surface area contributed by atoms with Crippen molar-refractivity contribution in [2.45, 2.75) is 17.7 Å². The number of nitrogens with zero attached hydrogens (tertiary/aromatic N) is 3. The monoisotopic (exact) mass is 414 g/mol. The van der Waals surface area contributed by atoms with Gasteiger partial charge in [0.15, 0.2) is 5.13 Å². The van der Waals surface area contributed by atoms with Gasteiger partial charge in [-0.3, -0.25) is 15.1 Å². The molecule has 28 heavy (non-hydrogen) atoms. The van der Waals surface area contributed by atoms with Crippen LogP contribution in [0.2, 0.25) is 0 Å². The smallest absolute Gasteiger partial charge is 0.257 e. The average Bonchev–Trinajstić information content (AvgIpc) is 3.41. The lowest BCUT2D eigenvalue weighted by Gasteiger charge is -2.15. The Morgan fingerprint density at radius 1 is 1.04 bits per heavy atom. The molecule has 1 aromatic carbocycles. The number of hydrogen-bond acceptors (Lipinski definition) is 6. The normalized spacial score (nSPS) is 14.9. The summed E-state index contributed by atoms with van der Waals surface area (Å²) in [6.45, 7) is 1.10. The van der Waals surface area contributed by atoms with Crippen LogP contribution in [-0.4, -0.2) is 41.7 Å². The van der Waals surface area contributed by atoms with Crippen LogP contribution in [0.25, 0.3) is 11.4 Å². The van der Waals surface area contributed by atoms with Gasteiger partial charge in [0.05, 0.1) is 10.6 Å². The molecular weight excluding hydrogens is 396 g/mol. The van der Waals surface area contributed by atoms with E-state index in [0.717, 1.165) is 18.5 Å². The van der Waals surface area contributed by atoms with E-state index in [4.69, 9.17) is 0 Å². The number of aromatic nitrogens is 2. The third-order valence-electron chi connectivity index (χ3n) is 4.47.